The van der Waals surface area contributed by atoms with Gasteiger partial charge in [0.25, 0.3) is 0 Å². The maximum absolute atomic E-state index is 12.2. The van der Waals surface area contributed by atoms with Crippen LogP contribution < -0.4 is 4.90 Å². The summed E-state index contributed by atoms with van der Waals surface area (Å²) in [6, 6.07) is 0.939. The molecule has 1 rings (SSSR count). The Hall–Kier alpha value is -0.150. The Balaban J connectivity index is 2.48. The highest BCUT2D eigenvalue weighted by atomic mass is 19.1. The molecule has 0 amide bonds. The Morgan fingerprint density at radius 2 is 1.92 bits per heavy atom. The SMILES string of the molecule is [CH2-][NH+]1C[C@@H](C)N(CCF)[C@@H](C)C1. The molecule has 1 aliphatic heterocycles. The van der Waals surface area contributed by atoms with Crippen molar-refractivity contribution in [2.45, 2.75) is 25.9 Å². The van der Waals surface area contributed by atoms with E-state index in [-0.39, 0.29) is 6.67 Å². The van der Waals surface area contributed by atoms with Gasteiger partial charge in [0.05, 0.1) is 25.2 Å². The van der Waals surface area contributed by atoms with Crippen LogP contribution in [0.15, 0.2) is 0 Å². The number of hydrogen-bond acceptors (Lipinski definition) is 1. The second-order valence-electron chi connectivity index (χ2n) is 3.78. The second kappa shape index (κ2) is 4.19. The third-order valence-corrected chi connectivity index (χ3v) is 2.64. The highest BCUT2D eigenvalue weighted by Crippen LogP contribution is 2.06. The van der Waals surface area contributed by atoms with Crippen LogP contribution in [0.1, 0.15) is 13.8 Å². The molecule has 0 aromatic carbocycles. The van der Waals surface area contributed by atoms with Crippen molar-refractivity contribution in [2.75, 3.05) is 26.3 Å². The number of alkyl halides is 1. The Kier molecular flexibility index (Phi) is 3.47. The second-order valence-corrected chi connectivity index (χ2v) is 3.78. The van der Waals surface area contributed by atoms with E-state index in [2.05, 4.69) is 25.8 Å². The lowest BCUT2D eigenvalue weighted by Crippen LogP contribution is -3.11. The fourth-order valence-corrected chi connectivity index (χ4v) is 2.13. The molecule has 2 nitrogen and oxygen atoms in total. The lowest BCUT2D eigenvalue weighted by atomic mass is 10.1. The van der Waals surface area contributed by atoms with E-state index >= 15 is 0 Å². The molecule has 0 saturated carbocycles. The Bertz CT molecular complexity index is 128. The number of halogens is 1. The number of hydrogen-bond donors (Lipinski definition) is 1. The van der Waals surface area contributed by atoms with Crippen molar-refractivity contribution in [1.29, 1.82) is 0 Å². The van der Waals surface area contributed by atoms with Crippen LogP contribution >= 0.6 is 0 Å². The van der Waals surface area contributed by atoms with E-state index in [0.717, 1.165) is 13.1 Å². The van der Waals surface area contributed by atoms with Crippen LogP contribution in [0.3, 0.4) is 0 Å². The summed E-state index contributed by atoms with van der Waals surface area (Å²) in [6.07, 6.45) is 0. The molecule has 1 heterocycles. The molecule has 0 bridgehead atoms. The molecule has 0 spiro atoms. The number of quaternary nitrogens is 1. The van der Waals surface area contributed by atoms with Gasteiger partial charge in [0.2, 0.25) is 0 Å². The summed E-state index contributed by atoms with van der Waals surface area (Å²) >= 11 is 0. The van der Waals surface area contributed by atoms with E-state index in [0.29, 0.717) is 18.6 Å². The summed E-state index contributed by atoms with van der Waals surface area (Å²) in [5, 5.41) is 0. The molecule has 1 aliphatic rings. The van der Waals surface area contributed by atoms with Crippen molar-refractivity contribution < 1.29 is 9.29 Å². The number of rotatable bonds is 2. The van der Waals surface area contributed by atoms with Crippen LogP contribution in [-0.2, 0) is 0 Å². The average molecular weight is 174 g/mol. The van der Waals surface area contributed by atoms with Gasteiger partial charge in [-0.3, -0.25) is 4.90 Å². The van der Waals surface area contributed by atoms with Gasteiger partial charge in [0.15, 0.2) is 0 Å². The normalized spacial score (nSPS) is 38.5. The highest BCUT2D eigenvalue weighted by molar-refractivity contribution is 4.75. The van der Waals surface area contributed by atoms with Crippen LogP contribution in [0, 0.1) is 7.05 Å². The molecule has 1 saturated heterocycles. The highest BCUT2D eigenvalue weighted by Gasteiger charge is 2.27. The lowest BCUT2D eigenvalue weighted by molar-refractivity contribution is -0.865. The van der Waals surface area contributed by atoms with Gasteiger partial charge in [0, 0.05) is 6.54 Å². The summed E-state index contributed by atoms with van der Waals surface area (Å²) in [6.45, 7) is 6.71. The molecule has 3 atom stereocenters. The first kappa shape index (κ1) is 9.93. The van der Waals surface area contributed by atoms with Crippen molar-refractivity contribution in [3.8, 4) is 0 Å². The number of piperazine rings is 1. The first-order chi connectivity index (χ1) is 5.65. The summed E-state index contributed by atoms with van der Waals surface area (Å²) in [7, 11) is 3.99. The first-order valence-corrected chi connectivity index (χ1v) is 4.63. The first-order valence-electron chi connectivity index (χ1n) is 4.63. The van der Waals surface area contributed by atoms with Crippen molar-refractivity contribution in [3.63, 3.8) is 0 Å². The molecule has 0 aliphatic carbocycles. The van der Waals surface area contributed by atoms with Crippen molar-refractivity contribution in [2.24, 2.45) is 0 Å². The minimum Gasteiger partial charge on any atom is -0.465 e. The largest absolute Gasteiger partial charge is 0.465 e. The Labute approximate surface area is 74.3 Å². The van der Waals surface area contributed by atoms with E-state index in [9.17, 15) is 4.39 Å². The lowest BCUT2D eigenvalue weighted by Gasteiger charge is -2.43. The van der Waals surface area contributed by atoms with Gasteiger partial charge in [-0.1, -0.05) is 0 Å². The van der Waals surface area contributed by atoms with Crippen molar-refractivity contribution >= 4 is 0 Å². The van der Waals surface area contributed by atoms with Gasteiger partial charge in [-0.2, -0.15) is 7.05 Å². The summed E-state index contributed by atoms with van der Waals surface area (Å²) in [5.41, 5.74) is 0. The number of nitrogens with one attached hydrogen (secondary N) is 1. The van der Waals surface area contributed by atoms with E-state index < -0.39 is 0 Å². The molecule has 1 fully saturated rings. The van der Waals surface area contributed by atoms with Gasteiger partial charge >= 0.3 is 0 Å². The maximum Gasteiger partial charge on any atom is 0.102 e. The fraction of sp³-hybridized carbons (Fsp3) is 0.889. The van der Waals surface area contributed by atoms with Crippen LogP contribution in [0.4, 0.5) is 4.39 Å². The van der Waals surface area contributed by atoms with Gasteiger partial charge < -0.3 is 4.90 Å². The molecule has 1 unspecified atom stereocenters. The van der Waals surface area contributed by atoms with Crippen LogP contribution in [0.5, 0.6) is 0 Å². The zero-order valence-corrected chi connectivity index (χ0v) is 8.02. The molecule has 0 radical (unpaired) electrons. The molecule has 0 aromatic rings. The van der Waals surface area contributed by atoms with Gasteiger partial charge in [-0.05, 0) is 13.8 Å². The van der Waals surface area contributed by atoms with Crippen molar-refractivity contribution in [3.05, 3.63) is 7.05 Å². The van der Waals surface area contributed by atoms with Gasteiger partial charge in [0.1, 0.15) is 6.67 Å². The van der Waals surface area contributed by atoms with Crippen LogP contribution in [0.2, 0.25) is 0 Å². The standard InChI is InChI=1S/C9H19FN2/c1-8-6-11(3)7-9(2)12(8)5-4-10/h8-9,11H,3-7H2,1-2H3/t8-,9+. The molecule has 3 heteroatoms. The van der Waals surface area contributed by atoms with E-state index in [1.54, 1.807) is 0 Å². The van der Waals surface area contributed by atoms with Crippen molar-refractivity contribution in [1.82, 2.24) is 4.90 Å². The molecular weight excluding hydrogens is 155 g/mol. The number of nitrogens with zero attached hydrogens (tertiary/aromatic N) is 1. The van der Waals surface area contributed by atoms with Gasteiger partial charge in [-0.15, -0.1) is 0 Å². The van der Waals surface area contributed by atoms with E-state index in [4.69, 9.17) is 0 Å². The fourth-order valence-electron chi connectivity index (χ4n) is 2.13. The molecule has 72 valence electrons. The summed E-state index contributed by atoms with van der Waals surface area (Å²) in [5.74, 6) is 0. The third kappa shape index (κ3) is 2.17. The zero-order chi connectivity index (χ0) is 9.14. The smallest absolute Gasteiger partial charge is 0.102 e. The van der Waals surface area contributed by atoms with Gasteiger partial charge in [-0.25, -0.2) is 4.39 Å². The average Bonchev–Trinajstić information content (AvgIpc) is 1.96. The molecule has 0 aromatic heterocycles. The summed E-state index contributed by atoms with van der Waals surface area (Å²) in [4.78, 5) is 3.54. The zero-order valence-electron chi connectivity index (χ0n) is 8.02. The predicted molar refractivity (Wildman–Crippen MR) is 47.7 cm³/mol. The minimum atomic E-state index is -0.235. The van der Waals surface area contributed by atoms with Crippen LogP contribution in [-0.4, -0.2) is 43.3 Å². The topological polar surface area (TPSA) is 7.68 Å². The predicted octanol–water partition coefficient (Wildman–Crippen LogP) is -0.275. The monoisotopic (exact) mass is 174 g/mol. The Morgan fingerprint density at radius 3 is 2.33 bits per heavy atom. The molecule has 1 N–H and O–H groups in total. The van der Waals surface area contributed by atoms with E-state index in [1.807, 2.05) is 0 Å². The van der Waals surface area contributed by atoms with Crippen LogP contribution in [0.25, 0.3) is 0 Å². The quantitative estimate of drug-likeness (QED) is 0.566. The Morgan fingerprint density at radius 1 is 1.42 bits per heavy atom. The third-order valence-electron chi connectivity index (χ3n) is 2.64. The molecular formula is C9H19FN2. The van der Waals surface area contributed by atoms with E-state index in [1.165, 1.54) is 4.90 Å². The maximum atomic E-state index is 12.2. The molecule has 12 heavy (non-hydrogen) atoms. The summed E-state index contributed by atoms with van der Waals surface area (Å²) < 4.78 is 12.2. The minimum absolute atomic E-state index is 0.235.